The zero-order chi connectivity index (χ0) is 20.2. The molecule has 0 atom stereocenters. The Morgan fingerprint density at radius 2 is 2.03 bits per heavy atom. The molecule has 4 rings (SSSR count). The molecule has 1 N–H and O–H groups in total. The second kappa shape index (κ2) is 8.22. The first kappa shape index (κ1) is 18.8. The lowest BCUT2D eigenvalue weighted by atomic mass is 10.2. The topological polar surface area (TPSA) is 90.0 Å². The van der Waals surface area contributed by atoms with Crippen LogP contribution >= 0.6 is 0 Å². The highest BCUT2D eigenvalue weighted by Gasteiger charge is 2.14. The van der Waals surface area contributed by atoms with E-state index in [1.165, 1.54) is 0 Å². The molecule has 0 unspecified atom stereocenters. The maximum Gasteiger partial charge on any atom is 0.254 e. The first-order valence-electron chi connectivity index (χ1n) is 9.72. The van der Waals surface area contributed by atoms with Crippen LogP contribution in [0.25, 0.3) is 16.9 Å². The third-order valence-electron chi connectivity index (χ3n) is 4.80. The normalized spacial score (nSPS) is 11.1. The number of carbonyl (C=O) groups is 1. The van der Waals surface area contributed by atoms with Gasteiger partial charge in [0.2, 0.25) is 0 Å². The lowest BCUT2D eigenvalue weighted by molar-refractivity contribution is 0.0953. The summed E-state index contributed by atoms with van der Waals surface area (Å²) in [6, 6.07) is 7.73. The monoisotopic (exact) mass is 389 g/mol. The van der Waals surface area contributed by atoms with Crippen molar-refractivity contribution in [3.63, 3.8) is 0 Å². The number of hydrogen-bond acceptors (Lipinski definition) is 5. The van der Waals surface area contributed by atoms with Crippen molar-refractivity contribution < 1.29 is 4.79 Å². The van der Waals surface area contributed by atoms with E-state index in [-0.39, 0.29) is 5.91 Å². The Labute approximate surface area is 168 Å². The maximum atomic E-state index is 12.4. The summed E-state index contributed by atoms with van der Waals surface area (Å²) in [5, 5.41) is 11.8. The van der Waals surface area contributed by atoms with Crippen LogP contribution in [0.3, 0.4) is 0 Å². The summed E-state index contributed by atoms with van der Waals surface area (Å²) in [7, 11) is 0. The molecule has 29 heavy (non-hydrogen) atoms. The summed E-state index contributed by atoms with van der Waals surface area (Å²) in [6.45, 7) is 5.32. The van der Waals surface area contributed by atoms with Crippen molar-refractivity contribution in [1.82, 2.24) is 34.7 Å². The Bertz CT molecular complexity index is 1130. The molecule has 8 heteroatoms. The first-order chi connectivity index (χ1) is 14.2. The van der Waals surface area contributed by atoms with Gasteiger partial charge >= 0.3 is 0 Å². The lowest BCUT2D eigenvalue weighted by Gasteiger charge is -2.05. The molecule has 0 radical (unpaired) electrons. The van der Waals surface area contributed by atoms with Crippen molar-refractivity contribution >= 4 is 11.6 Å². The SMILES string of the molecule is CCCn1ncc(C(=O)NCCc2cc3nc(-c4ccncc4)ccn3n2)c1C. The van der Waals surface area contributed by atoms with Gasteiger partial charge < -0.3 is 5.32 Å². The molecule has 0 aliphatic heterocycles. The Hall–Kier alpha value is -3.55. The van der Waals surface area contributed by atoms with Crippen LogP contribution in [0.5, 0.6) is 0 Å². The molecule has 0 fully saturated rings. The minimum atomic E-state index is -0.105. The fraction of sp³-hybridized carbons (Fsp3) is 0.286. The number of rotatable bonds is 7. The van der Waals surface area contributed by atoms with E-state index in [1.807, 2.05) is 42.1 Å². The van der Waals surface area contributed by atoms with Gasteiger partial charge in [-0.3, -0.25) is 14.5 Å². The van der Waals surface area contributed by atoms with Gasteiger partial charge in [0.1, 0.15) is 0 Å². The summed E-state index contributed by atoms with van der Waals surface area (Å²) < 4.78 is 3.61. The number of hydrogen-bond donors (Lipinski definition) is 1. The van der Waals surface area contributed by atoms with Crippen molar-refractivity contribution in [2.45, 2.75) is 33.2 Å². The van der Waals surface area contributed by atoms with Crippen molar-refractivity contribution in [3.05, 3.63) is 66.0 Å². The average Bonchev–Trinajstić information content (AvgIpc) is 3.31. The molecule has 0 saturated carbocycles. The number of aryl methyl sites for hydroxylation is 1. The number of nitrogens with zero attached hydrogens (tertiary/aromatic N) is 6. The second-order valence-electron chi connectivity index (χ2n) is 6.86. The Morgan fingerprint density at radius 1 is 1.21 bits per heavy atom. The molecule has 148 valence electrons. The molecule has 0 aromatic carbocycles. The molecule has 4 heterocycles. The first-order valence-corrected chi connectivity index (χ1v) is 9.72. The Morgan fingerprint density at radius 3 is 2.83 bits per heavy atom. The standard InChI is InChI=1S/C21H23N7O/c1-3-11-27-15(2)18(14-24-27)21(29)23-10-6-17-13-20-25-19(7-12-28(20)26-17)16-4-8-22-9-5-16/h4-5,7-9,12-14H,3,6,10-11H2,1-2H3,(H,23,29). The molecular formula is C21H23N7O. The highest BCUT2D eigenvalue weighted by Crippen LogP contribution is 2.17. The molecule has 8 nitrogen and oxygen atoms in total. The highest BCUT2D eigenvalue weighted by atomic mass is 16.1. The van der Waals surface area contributed by atoms with Crippen molar-refractivity contribution in [1.29, 1.82) is 0 Å². The minimum Gasteiger partial charge on any atom is -0.352 e. The molecule has 1 amide bonds. The zero-order valence-electron chi connectivity index (χ0n) is 16.5. The van der Waals surface area contributed by atoms with Gasteiger partial charge in [-0.2, -0.15) is 10.2 Å². The summed E-state index contributed by atoms with van der Waals surface area (Å²) >= 11 is 0. The predicted molar refractivity (Wildman–Crippen MR) is 110 cm³/mol. The van der Waals surface area contributed by atoms with Gasteiger partial charge in [-0.1, -0.05) is 6.92 Å². The summed E-state index contributed by atoms with van der Waals surface area (Å²) in [5.41, 5.74) is 5.05. The van der Waals surface area contributed by atoms with Crippen LogP contribution in [0.4, 0.5) is 0 Å². The molecule has 0 saturated heterocycles. The smallest absolute Gasteiger partial charge is 0.254 e. The second-order valence-corrected chi connectivity index (χ2v) is 6.86. The molecule has 4 aromatic rings. The number of carbonyl (C=O) groups excluding carboxylic acids is 1. The predicted octanol–water partition coefficient (Wildman–Crippen LogP) is 2.68. The van der Waals surface area contributed by atoms with Gasteiger partial charge in [-0.25, -0.2) is 9.50 Å². The van der Waals surface area contributed by atoms with E-state index in [9.17, 15) is 4.79 Å². The minimum absolute atomic E-state index is 0.105. The van der Waals surface area contributed by atoms with E-state index in [0.29, 0.717) is 18.5 Å². The number of amides is 1. The van der Waals surface area contributed by atoms with Crippen LogP contribution in [0.1, 0.15) is 35.1 Å². The van der Waals surface area contributed by atoms with Gasteiger partial charge in [-0.05, 0) is 31.5 Å². The van der Waals surface area contributed by atoms with Gasteiger partial charge in [0.25, 0.3) is 5.91 Å². The van der Waals surface area contributed by atoms with E-state index in [4.69, 9.17) is 0 Å². The zero-order valence-corrected chi connectivity index (χ0v) is 16.5. The number of nitrogens with one attached hydrogen (secondary N) is 1. The highest BCUT2D eigenvalue weighted by molar-refractivity contribution is 5.95. The number of pyridine rings is 1. The molecule has 4 aromatic heterocycles. The van der Waals surface area contributed by atoms with Crippen LogP contribution in [-0.4, -0.2) is 41.8 Å². The van der Waals surface area contributed by atoms with Crippen molar-refractivity contribution in [2.75, 3.05) is 6.54 Å². The van der Waals surface area contributed by atoms with E-state index >= 15 is 0 Å². The quantitative estimate of drug-likeness (QED) is 0.525. The van der Waals surface area contributed by atoms with E-state index in [1.54, 1.807) is 23.1 Å². The molecule has 0 spiro atoms. The Balaban J connectivity index is 1.40. The van der Waals surface area contributed by atoms with Crippen LogP contribution in [0.2, 0.25) is 0 Å². The summed E-state index contributed by atoms with van der Waals surface area (Å²) in [4.78, 5) is 21.1. The van der Waals surface area contributed by atoms with Crippen LogP contribution < -0.4 is 5.32 Å². The third-order valence-corrected chi connectivity index (χ3v) is 4.80. The van der Waals surface area contributed by atoms with Gasteiger partial charge in [-0.15, -0.1) is 0 Å². The fourth-order valence-corrected chi connectivity index (χ4v) is 3.24. The largest absolute Gasteiger partial charge is 0.352 e. The van der Waals surface area contributed by atoms with Gasteiger partial charge in [0, 0.05) is 55.4 Å². The summed E-state index contributed by atoms with van der Waals surface area (Å²) in [6.07, 6.45) is 8.64. The number of aromatic nitrogens is 6. The van der Waals surface area contributed by atoms with Gasteiger partial charge in [0.05, 0.1) is 23.1 Å². The fourth-order valence-electron chi connectivity index (χ4n) is 3.24. The molecule has 0 bridgehead atoms. The van der Waals surface area contributed by atoms with Crippen LogP contribution in [0, 0.1) is 6.92 Å². The molecule has 0 aliphatic carbocycles. The summed E-state index contributed by atoms with van der Waals surface area (Å²) in [5.74, 6) is -0.105. The average molecular weight is 389 g/mol. The van der Waals surface area contributed by atoms with E-state index in [0.717, 1.165) is 41.3 Å². The molecule has 0 aliphatic rings. The third kappa shape index (κ3) is 4.01. The van der Waals surface area contributed by atoms with Crippen molar-refractivity contribution in [2.24, 2.45) is 0 Å². The van der Waals surface area contributed by atoms with Crippen molar-refractivity contribution in [3.8, 4) is 11.3 Å². The number of fused-ring (bicyclic) bond motifs is 1. The lowest BCUT2D eigenvalue weighted by Crippen LogP contribution is -2.26. The Kier molecular flexibility index (Phi) is 5.33. The van der Waals surface area contributed by atoms with Gasteiger partial charge in [0.15, 0.2) is 5.65 Å². The van der Waals surface area contributed by atoms with E-state index in [2.05, 4.69) is 32.4 Å². The maximum absolute atomic E-state index is 12.4. The van der Waals surface area contributed by atoms with Crippen LogP contribution in [0.15, 0.2) is 49.1 Å². The van der Waals surface area contributed by atoms with E-state index < -0.39 is 0 Å². The van der Waals surface area contributed by atoms with Crippen LogP contribution in [-0.2, 0) is 13.0 Å². The molecular weight excluding hydrogens is 366 g/mol.